The van der Waals surface area contributed by atoms with Crippen LogP contribution in [0.4, 0.5) is 0 Å². The summed E-state index contributed by atoms with van der Waals surface area (Å²) in [6.45, 7) is 0.402. The van der Waals surface area contributed by atoms with Gasteiger partial charge in [-0.3, -0.25) is 4.79 Å². The smallest absolute Gasteiger partial charge is 0.309 e. The van der Waals surface area contributed by atoms with Gasteiger partial charge in [0.1, 0.15) is 5.75 Å². The number of rotatable bonds is 5. The Kier molecular flexibility index (Phi) is 4.60. The Morgan fingerprint density at radius 1 is 1.08 bits per heavy atom. The second-order valence-corrected chi connectivity index (χ2v) is 6.08. The normalized spacial score (nSPS) is 20.0. The zero-order valence-electron chi connectivity index (χ0n) is 13.4. The van der Waals surface area contributed by atoms with Gasteiger partial charge in [0, 0.05) is 5.92 Å². The van der Waals surface area contributed by atoms with Crippen molar-refractivity contribution in [3.8, 4) is 17.2 Å². The highest BCUT2D eigenvalue weighted by Crippen LogP contribution is 2.32. The number of phenols is 2. The van der Waals surface area contributed by atoms with Crippen molar-refractivity contribution in [3.63, 3.8) is 0 Å². The van der Waals surface area contributed by atoms with Crippen LogP contribution in [0.2, 0.25) is 0 Å². The molecule has 0 radical (unpaired) electrons. The van der Waals surface area contributed by atoms with Crippen LogP contribution in [0.25, 0.3) is 0 Å². The maximum absolute atomic E-state index is 12.1. The molecular formula is C19H20O5. The van der Waals surface area contributed by atoms with E-state index < -0.39 is 0 Å². The molecule has 0 aliphatic carbocycles. The van der Waals surface area contributed by atoms with E-state index in [-0.39, 0.29) is 29.3 Å². The molecule has 1 saturated heterocycles. The lowest BCUT2D eigenvalue weighted by Gasteiger charge is -2.16. The van der Waals surface area contributed by atoms with E-state index in [1.165, 1.54) is 7.11 Å². The zero-order chi connectivity index (χ0) is 17.1. The molecule has 2 aromatic rings. The van der Waals surface area contributed by atoms with E-state index in [2.05, 4.69) is 0 Å². The Morgan fingerprint density at radius 3 is 2.50 bits per heavy atom. The summed E-state index contributed by atoms with van der Waals surface area (Å²) in [5.74, 6) is 0.371. The van der Waals surface area contributed by atoms with Gasteiger partial charge in [0.05, 0.1) is 19.6 Å². The zero-order valence-corrected chi connectivity index (χ0v) is 13.4. The average molecular weight is 328 g/mol. The molecule has 0 spiro atoms. The van der Waals surface area contributed by atoms with E-state index in [4.69, 9.17) is 9.47 Å². The Balaban J connectivity index is 1.74. The van der Waals surface area contributed by atoms with Crippen LogP contribution >= 0.6 is 0 Å². The summed E-state index contributed by atoms with van der Waals surface area (Å²) in [5.41, 5.74) is 1.98. The number of hydrogen-bond acceptors (Lipinski definition) is 5. The summed E-state index contributed by atoms with van der Waals surface area (Å²) in [6, 6.07) is 12.1. The fraction of sp³-hybridized carbons (Fsp3) is 0.316. The van der Waals surface area contributed by atoms with E-state index in [0.29, 0.717) is 25.2 Å². The first-order valence-electron chi connectivity index (χ1n) is 7.87. The summed E-state index contributed by atoms with van der Waals surface area (Å²) < 4.78 is 10.4. The van der Waals surface area contributed by atoms with Crippen molar-refractivity contribution in [3.05, 3.63) is 53.6 Å². The van der Waals surface area contributed by atoms with Crippen LogP contribution in [0.15, 0.2) is 42.5 Å². The standard InChI is InChI=1S/C19H20O5/c1-23-18-10-13(4-7-17(18)21)9-16-14(11-24-19(16)22)8-12-2-5-15(20)6-3-12/h2-7,10,14,16,20-21H,8-9,11H2,1H3/t14-,16+/m0/s1. The van der Waals surface area contributed by atoms with Crippen LogP contribution in [0.1, 0.15) is 11.1 Å². The number of phenolic OH excluding ortho intramolecular Hbond substituents is 2. The summed E-state index contributed by atoms with van der Waals surface area (Å²) >= 11 is 0. The van der Waals surface area contributed by atoms with Gasteiger partial charge in [-0.15, -0.1) is 0 Å². The third-order valence-electron chi connectivity index (χ3n) is 4.45. The van der Waals surface area contributed by atoms with Crippen molar-refractivity contribution in [2.45, 2.75) is 12.8 Å². The number of hydrogen-bond donors (Lipinski definition) is 2. The van der Waals surface area contributed by atoms with Crippen LogP contribution in [-0.2, 0) is 22.4 Å². The average Bonchev–Trinajstić information content (AvgIpc) is 2.92. The molecule has 24 heavy (non-hydrogen) atoms. The first kappa shape index (κ1) is 16.2. The molecule has 2 atom stereocenters. The molecule has 1 aliphatic rings. The Morgan fingerprint density at radius 2 is 1.79 bits per heavy atom. The predicted molar refractivity (Wildman–Crippen MR) is 88.1 cm³/mol. The second-order valence-electron chi connectivity index (χ2n) is 6.08. The van der Waals surface area contributed by atoms with Crippen molar-refractivity contribution in [1.82, 2.24) is 0 Å². The lowest BCUT2D eigenvalue weighted by molar-refractivity contribution is -0.141. The minimum absolute atomic E-state index is 0.0795. The fourth-order valence-corrected chi connectivity index (χ4v) is 3.09. The number of carbonyl (C=O) groups is 1. The number of methoxy groups -OCH3 is 1. The Bertz CT molecular complexity index is 723. The highest BCUT2D eigenvalue weighted by Gasteiger charge is 2.36. The molecule has 1 aliphatic heterocycles. The maximum atomic E-state index is 12.1. The summed E-state index contributed by atoms with van der Waals surface area (Å²) in [6.07, 6.45) is 1.25. The highest BCUT2D eigenvalue weighted by molar-refractivity contribution is 5.75. The Labute approximate surface area is 140 Å². The first-order chi connectivity index (χ1) is 11.6. The number of aromatic hydroxyl groups is 2. The molecule has 0 saturated carbocycles. The SMILES string of the molecule is COc1cc(C[C@H]2C(=O)OC[C@@H]2Cc2ccc(O)cc2)ccc1O. The molecule has 2 N–H and O–H groups in total. The predicted octanol–water partition coefficient (Wildman–Crippen LogP) is 2.68. The van der Waals surface area contributed by atoms with Gasteiger partial charge in [0.2, 0.25) is 0 Å². The first-order valence-corrected chi connectivity index (χ1v) is 7.87. The molecule has 1 heterocycles. The fourth-order valence-electron chi connectivity index (χ4n) is 3.09. The molecular weight excluding hydrogens is 308 g/mol. The lowest BCUT2D eigenvalue weighted by Crippen LogP contribution is -2.20. The minimum atomic E-state index is -0.229. The van der Waals surface area contributed by atoms with Crippen LogP contribution in [0.5, 0.6) is 17.2 Å². The van der Waals surface area contributed by atoms with Crippen LogP contribution in [0, 0.1) is 11.8 Å². The van der Waals surface area contributed by atoms with Crippen molar-refractivity contribution in [2.75, 3.05) is 13.7 Å². The molecule has 126 valence electrons. The van der Waals surface area contributed by atoms with Crippen molar-refractivity contribution >= 4 is 5.97 Å². The summed E-state index contributed by atoms with van der Waals surface area (Å²) in [7, 11) is 1.50. The highest BCUT2D eigenvalue weighted by atomic mass is 16.5. The number of carbonyl (C=O) groups excluding carboxylic acids is 1. The van der Waals surface area contributed by atoms with E-state index in [1.807, 2.05) is 12.1 Å². The Hall–Kier alpha value is -2.69. The topological polar surface area (TPSA) is 76.0 Å². The van der Waals surface area contributed by atoms with E-state index in [9.17, 15) is 15.0 Å². The number of ether oxygens (including phenoxy) is 2. The molecule has 5 nitrogen and oxygen atoms in total. The molecule has 2 aromatic carbocycles. The molecule has 0 aromatic heterocycles. The maximum Gasteiger partial charge on any atom is 0.309 e. The van der Waals surface area contributed by atoms with Gasteiger partial charge in [-0.05, 0) is 48.2 Å². The molecule has 0 bridgehead atoms. The van der Waals surface area contributed by atoms with Gasteiger partial charge < -0.3 is 19.7 Å². The van der Waals surface area contributed by atoms with Crippen LogP contribution in [0.3, 0.4) is 0 Å². The van der Waals surface area contributed by atoms with Crippen LogP contribution in [-0.4, -0.2) is 29.9 Å². The van der Waals surface area contributed by atoms with Gasteiger partial charge >= 0.3 is 5.97 Å². The third kappa shape index (κ3) is 3.45. The minimum Gasteiger partial charge on any atom is -0.508 e. The number of esters is 1. The molecule has 3 rings (SSSR count). The van der Waals surface area contributed by atoms with Crippen molar-refractivity contribution in [1.29, 1.82) is 0 Å². The summed E-state index contributed by atoms with van der Waals surface area (Å²) in [4.78, 5) is 12.1. The molecule has 0 unspecified atom stereocenters. The van der Waals surface area contributed by atoms with E-state index >= 15 is 0 Å². The second kappa shape index (κ2) is 6.83. The third-order valence-corrected chi connectivity index (χ3v) is 4.45. The van der Waals surface area contributed by atoms with Gasteiger partial charge in [-0.2, -0.15) is 0 Å². The summed E-state index contributed by atoms with van der Waals surface area (Å²) in [5, 5.41) is 19.0. The van der Waals surface area contributed by atoms with Gasteiger partial charge in [0.15, 0.2) is 11.5 Å². The van der Waals surface area contributed by atoms with Gasteiger partial charge in [-0.1, -0.05) is 18.2 Å². The van der Waals surface area contributed by atoms with Gasteiger partial charge in [-0.25, -0.2) is 0 Å². The lowest BCUT2D eigenvalue weighted by atomic mass is 9.85. The van der Waals surface area contributed by atoms with E-state index in [1.54, 1.807) is 30.3 Å². The quantitative estimate of drug-likeness (QED) is 0.825. The van der Waals surface area contributed by atoms with Gasteiger partial charge in [0.25, 0.3) is 0 Å². The van der Waals surface area contributed by atoms with E-state index in [0.717, 1.165) is 11.1 Å². The van der Waals surface area contributed by atoms with Crippen LogP contribution < -0.4 is 4.74 Å². The molecule has 1 fully saturated rings. The molecule has 0 amide bonds. The number of benzene rings is 2. The monoisotopic (exact) mass is 328 g/mol. The largest absolute Gasteiger partial charge is 0.508 e. The molecule has 5 heteroatoms. The van der Waals surface area contributed by atoms with Crippen molar-refractivity contribution in [2.24, 2.45) is 11.8 Å². The van der Waals surface area contributed by atoms with Crippen molar-refractivity contribution < 1.29 is 24.5 Å². The number of cyclic esters (lactones) is 1.